The maximum absolute atomic E-state index is 12.5. The number of rotatable bonds is 7. The average molecular weight is 287 g/mol. The number of hydrogen-bond acceptors (Lipinski definition) is 6. The van der Waals surface area contributed by atoms with E-state index < -0.39 is 7.60 Å². The van der Waals surface area contributed by atoms with E-state index in [1.54, 1.807) is 45.2 Å². The Kier molecular flexibility index (Phi) is 6.02. The van der Waals surface area contributed by atoms with Gasteiger partial charge in [-0.2, -0.15) is 0 Å². The lowest BCUT2D eigenvalue weighted by Gasteiger charge is -2.17. The zero-order chi connectivity index (χ0) is 14.3. The second-order valence-corrected chi connectivity index (χ2v) is 5.42. The van der Waals surface area contributed by atoms with Crippen molar-refractivity contribution in [1.82, 2.24) is 0 Å². The highest BCUT2D eigenvalue weighted by molar-refractivity contribution is 7.73. The third-order valence-electron chi connectivity index (χ3n) is 2.30. The molecule has 0 spiro atoms. The van der Waals surface area contributed by atoms with Crippen molar-refractivity contribution in [3.8, 4) is 5.75 Å². The van der Waals surface area contributed by atoms with Crippen LogP contribution in [0.25, 0.3) is 0 Å². The van der Waals surface area contributed by atoms with E-state index in [1.165, 1.54) is 0 Å². The molecule has 0 amide bonds. The van der Waals surface area contributed by atoms with Gasteiger partial charge in [-0.3, -0.25) is 4.57 Å². The summed E-state index contributed by atoms with van der Waals surface area (Å²) in [5, 5.41) is 12.2. The molecule has 1 aromatic carbocycles. The topological polar surface area (TPSA) is 77.4 Å². The smallest absolute Gasteiger partial charge is 0.383 e. The van der Waals surface area contributed by atoms with Crippen LogP contribution < -0.4 is 4.74 Å². The van der Waals surface area contributed by atoms with Crippen molar-refractivity contribution in [3.05, 3.63) is 29.8 Å². The molecule has 0 saturated heterocycles. The molecule has 0 fully saturated rings. The van der Waals surface area contributed by atoms with E-state index in [0.717, 1.165) is 0 Å². The molecule has 106 valence electrons. The lowest BCUT2D eigenvalue weighted by atomic mass is 10.2. The number of ether oxygens (including phenoxy) is 1. The van der Waals surface area contributed by atoms with E-state index in [2.05, 4.69) is 5.16 Å². The van der Waals surface area contributed by atoms with Gasteiger partial charge in [0.15, 0.2) is 5.45 Å². The molecule has 0 bridgehead atoms. The van der Waals surface area contributed by atoms with E-state index in [-0.39, 0.29) is 18.7 Å². The molecular formula is C12H18NO5P. The second kappa shape index (κ2) is 7.28. The summed E-state index contributed by atoms with van der Waals surface area (Å²) >= 11 is 0. The fourth-order valence-corrected chi connectivity index (χ4v) is 3.08. The predicted molar refractivity (Wildman–Crippen MR) is 72.2 cm³/mol. The molecule has 0 aliphatic rings. The first-order valence-electron chi connectivity index (χ1n) is 5.87. The Morgan fingerprint density at radius 2 is 1.74 bits per heavy atom. The first-order valence-corrected chi connectivity index (χ1v) is 7.41. The molecule has 0 radical (unpaired) electrons. The van der Waals surface area contributed by atoms with Crippen LogP contribution in [0.2, 0.25) is 0 Å². The zero-order valence-corrected chi connectivity index (χ0v) is 12.1. The van der Waals surface area contributed by atoms with Crippen molar-refractivity contribution in [3.63, 3.8) is 0 Å². The van der Waals surface area contributed by atoms with Crippen molar-refractivity contribution in [2.45, 2.75) is 13.8 Å². The number of nitrogens with zero attached hydrogens (tertiary/aromatic N) is 1. The van der Waals surface area contributed by atoms with Crippen LogP contribution in [0.4, 0.5) is 0 Å². The minimum Gasteiger partial charge on any atom is -0.497 e. The first-order chi connectivity index (χ1) is 9.11. The Labute approximate surface area is 112 Å². The van der Waals surface area contributed by atoms with Gasteiger partial charge in [-0.1, -0.05) is 5.16 Å². The molecule has 0 unspecified atom stereocenters. The number of hydrogen-bond donors (Lipinski definition) is 1. The van der Waals surface area contributed by atoms with Crippen molar-refractivity contribution in [1.29, 1.82) is 0 Å². The van der Waals surface area contributed by atoms with Crippen LogP contribution >= 0.6 is 7.60 Å². The minimum atomic E-state index is -3.62. The largest absolute Gasteiger partial charge is 0.497 e. The van der Waals surface area contributed by atoms with E-state index in [4.69, 9.17) is 19.0 Å². The fraction of sp³-hybridized carbons (Fsp3) is 0.417. The van der Waals surface area contributed by atoms with Gasteiger partial charge < -0.3 is 19.0 Å². The third kappa shape index (κ3) is 3.80. The van der Waals surface area contributed by atoms with Crippen LogP contribution in [0.3, 0.4) is 0 Å². The molecule has 6 nitrogen and oxygen atoms in total. The Hall–Kier alpha value is -1.36. The van der Waals surface area contributed by atoms with Gasteiger partial charge in [0, 0.05) is 5.56 Å². The van der Waals surface area contributed by atoms with Crippen LogP contribution in [-0.4, -0.2) is 31.0 Å². The number of methoxy groups -OCH3 is 1. The highest BCUT2D eigenvalue weighted by atomic mass is 31.2. The molecule has 0 aliphatic heterocycles. The van der Waals surface area contributed by atoms with Crippen molar-refractivity contribution in [2.75, 3.05) is 20.3 Å². The average Bonchev–Trinajstić information content (AvgIpc) is 2.40. The highest BCUT2D eigenvalue weighted by Crippen LogP contribution is 2.51. The SMILES string of the molecule is CCOP(=O)(OCC)/C(=N/O)c1ccc(OC)cc1. The Morgan fingerprint density at radius 1 is 1.21 bits per heavy atom. The monoisotopic (exact) mass is 287 g/mol. The van der Waals surface area contributed by atoms with Gasteiger partial charge in [0.1, 0.15) is 5.75 Å². The van der Waals surface area contributed by atoms with E-state index in [1.807, 2.05) is 0 Å². The van der Waals surface area contributed by atoms with Crippen molar-refractivity contribution in [2.24, 2.45) is 5.16 Å². The molecule has 7 heteroatoms. The van der Waals surface area contributed by atoms with Crippen LogP contribution in [0, 0.1) is 0 Å². The lowest BCUT2D eigenvalue weighted by molar-refractivity contribution is 0.230. The molecule has 0 heterocycles. The van der Waals surface area contributed by atoms with E-state index in [0.29, 0.717) is 11.3 Å². The first kappa shape index (κ1) is 15.7. The summed E-state index contributed by atoms with van der Waals surface area (Å²) in [5.41, 5.74) is 0.340. The summed E-state index contributed by atoms with van der Waals surface area (Å²) in [6, 6.07) is 6.59. The van der Waals surface area contributed by atoms with Crippen LogP contribution in [0.5, 0.6) is 5.75 Å². The zero-order valence-electron chi connectivity index (χ0n) is 11.2. The van der Waals surface area contributed by atoms with Gasteiger partial charge in [-0.25, -0.2) is 0 Å². The molecule has 0 saturated carbocycles. The Balaban J connectivity index is 3.13. The van der Waals surface area contributed by atoms with E-state index >= 15 is 0 Å². The summed E-state index contributed by atoms with van der Waals surface area (Å²) < 4.78 is 27.9. The summed E-state index contributed by atoms with van der Waals surface area (Å²) in [6.07, 6.45) is 0. The van der Waals surface area contributed by atoms with Crippen LogP contribution in [0.1, 0.15) is 19.4 Å². The third-order valence-corrected chi connectivity index (χ3v) is 4.36. The molecule has 0 aromatic heterocycles. The quantitative estimate of drug-likeness (QED) is 0.361. The maximum Gasteiger partial charge on any atom is 0.383 e. The number of oxime groups is 1. The summed E-state index contributed by atoms with van der Waals surface area (Å²) in [4.78, 5) is 0. The maximum atomic E-state index is 12.5. The molecular weight excluding hydrogens is 269 g/mol. The summed E-state index contributed by atoms with van der Waals surface area (Å²) in [7, 11) is -2.07. The van der Waals surface area contributed by atoms with Gasteiger partial charge in [-0.05, 0) is 38.1 Å². The van der Waals surface area contributed by atoms with Crippen LogP contribution in [0.15, 0.2) is 29.4 Å². The van der Waals surface area contributed by atoms with Gasteiger partial charge in [0.2, 0.25) is 0 Å². The number of benzene rings is 1. The van der Waals surface area contributed by atoms with Gasteiger partial charge >= 0.3 is 7.60 Å². The second-order valence-electron chi connectivity index (χ2n) is 3.49. The minimum absolute atomic E-state index is 0.112. The van der Waals surface area contributed by atoms with Crippen molar-refractivity contribution < 1.29 is 23.6 Å². The van der Waals surface area contributed by atoms with E-state index in [9.17, 15) is 4.57 Å². The lowest BCUT2D eigenvalue weighted by Crippen LogP contribution is -2.09. The Morgan fingerprint density at radius 3 is 2.11 bits per heavy atom. The predicted octanol–water partition coefficient (Wildman–Crippen LogP) is 3.10. The Bertz CT molecular complexity index is 462. The summed E-state index contributed by atoms with van der Waals surface area (Å²) in [5.74, 6) is 0.642. The standard InChI is InChI=1S/C12H18NO5P/c1-4-17-19(15,18-5-2)12(13-14)10-6-8-11(16-3)9-7-10/h6-9,14H,4-5H2,1-3H3/b13-12+. The molecule has 1 rings (SSSR count). The van der Waals surface area contributed by atoms with Gasteiger partial charge in [0.05, 0.1) is 20.3 Å². The molecule has 0 aliphatic carbocycles. The fourth-order valence-electron chi connectivity index (χ4n) is 1.51. The molecule has 19 heavy (non-hydrogen) atoms. The normalized spacial score (nSPS) is 12.5. The molecule has 1 aromatic rings. The molecule has 0 atom stereocenters. The highest BCUT2D eigenvalue weighted by Gasteiger charge is 2.33. The van der Waals surface area contributed by atoms with Gasteiger partial charge in [-0.15, -0.1) is 0 Å². The van der Waals surface area contributed by atoms with Crippen LogP contribution in [-0.2, 0) is 13.6 Å². The van der Waals surface area contributed by atoms with Crippen molar-refractivity contribution >= 4 is 13.0 Å². The molecule has 1 N–H and O–H groups in total. The van der Waals surface area contributed by atoms with Gasteiger partial charge in [0.25, 0.3) is 0 Å². The summed E-state index contributed by atoms with van der Waals surface area (Å²) in [6.45, 7) is 3.75.